The highest BCUT2D eigenvalue weighted by Gasteiger charge is 2.54. The van der Waals surface area contributed by atoms with Crippen molar-refractivity contribution in [2.24, 2.45) is 0 Å². The second-order valence-electron chi connectivity index (χ2n) is 5.48. The average Bonchev–Trinajstić information content (AvgIpc) is 2.49. The molecule has 2 rings (SSSR count). The third-order valence-corrected chi connectivity index (χ3v) is 4.10. The number of hydrogen-bond donors (Lipinski definition) is 1. The van der Waals surface area contributed by atoms with E-state index in [1.807, 2.05) is 11.0 Å². The van der Waals surface area contributed by atoms with Crippen LogP contribution in [0.3, 0.4) is 0 Å². The summed E-state index contributed by atoms with van der Waals surface area (Å²) in [5.41, 5.74) is -1.69. The smallest absolute Gasteiger partial charge is 0.417 e. The third kappa shape index (κ3) is 3.47. The van der Waals surface area contributed by atoms with Gasteiger partial charge in [0.1, 0.15) is 11.5 Å². The van der Waals surface area contributed by atoms with E-state index in [0.717, 1.165) is 5.56 Å². The summed E-state index contributed by atoms with van der Waals surface area (Å²) in [5.74, 6) is 1.29. The Balaban J connectivity index is 2.02. The first-order valence-corrected chi connectivity index (χ1v) is 7.01. The Labute approximate surface area is 127 Å². The van der Waals surface area contributed by atoms with Gasteiger partial charge in [-0.2, -0.15) is 13.2 Å². The molecule has 0 spiro atoms. The fraction of sp³-hybridized carbons (Fsp3) is 0.600. The van der Waals surface area contributed by atoms with Crippen molar-refractivity contribution >= 4 is 0 Å². The SMILES string of the molecule is COc1ccc(CN2CCC(O)(C(F)(F)F)CC2)c(OC)c1. The molecule has 0 radical (unpaired) electrons. The standard InChI is InChI=1S/C15H20F3NO3/c1-21-12-4-3-11(13(9-12)22-2)10-19-7-5-14(20,6-8-19)15(16,17)18/h3-4,9,20H,5-8,10H2,1-2H3. The zero-order valence-corrected chi connectivity index (χ0v) is 12.6. The first-order valence-electron chi connectivity index (χ1n) is 7.01. The fourth-order valence-corrected chi connectivity index (χ4v) is 2.59. The van der Waals surface area contributed by atoms with Crippen LogP contribution >= 0.6 is 0 Å². The van der Waals surface area contributed by atoms with Crippen molar-refractivity contribution in [2.45, 2.75) is 31.2 Å². The van der Waals surface area contributed by atoms with Crippen molar-refractivity contribution in [2.75, 3.05) is 27.3 Å². The van der Waals surface area contributed by atoms with Crippen LogP contribution < -0.4 is 9.47 Å². The molecule has 0 bridgehead atoms. The van der Waals surface area contributed by atoms with Crippen LogP contribution in [0.1, 0.15) is 18.4 Å². The van der Waals surface area contributed by atoms with Crippen LogP contribution in [0.25, 0.3) is 0 Å². The molecule has 0 saturated carbocycles. The van der Waals surface area contributed by atoms with Crippen LogP contribution in [-0.2, 0) is 6.54 Å². The Morgan fingerprint density at radius 1 is 1.18 bits per heavy atom. The van der Waals surface area contributed by atoms with Crippen molar-refractivity contribution in [3.8, 4) is 11.5 Å². The predicted octanol–water partition coefficient (Wildman–Crippen LogP) is 2.59. The summed E-state index contributed by atoms with van der Waals surface area (Å²) in [4.78, 5) is 1.88. The van der Waals surface area contributed by atoms with Crippen molar-refractivity contribution in [3.63, 3.8) is 0 Å². The maximum Gasteiger partial charge on any atom is 0.417 e. The number of alkyl halides is 3. The van der Waals surface area contributed by atoms with E-state index in [4.69, 9.17) is 9.47 Å². The maximum atomic E-state index is 12.8. The van der Waals surface area contributed by atoms with Gasteiger partial charge >= 0.3 is 6.18 Å². The van der Waals surface area contributed by atoms with Gasteiger partial charge < -0.3 is 14.6 Å². The normalized spacial score (nSPS) is 19.0. The monoisotopic (exact) mass is 319 g/mol. The van der Waals surface area contributed by atoms with Gasteiger partial charge in [0.25, 0.3) is 0 Å². The summed E-state index contributed by atoms with van der Waals surface area (Å²) in [6.07, 6.45) is -5.19. The summed E-state index contributed by atoms with van der Waals surface area (Å²) in [6.45, 7) is 0.845. The fourth-order valence-electron chi connectivity index (χ4n) is 2.59. The van der Waals surface area contributed by atoms with E-state index in [1.54, 1.807) is 19.2 Å². The first kappa shape index (κ1) is 16.9. The van der Waals surface area contributed by atoms with E-state index in [1.165, 1.54) is 7.11 Å². The van der Waals surface area contributed by atoms with Crippen LogP contribution in [-0.4, -0.2) is 49.1 Å². The number of methoxy groups -OCH3 is 2. The van der Waals surface area contributed by atoms with Crippen LogP contribution in [0.4, 0.5) is 13.2 Å². The van der Waals surface area contributed by atoms with Crippen molar-refractivity contribution in [1.29, 1.82) is 0 Å². The van der Waals surface area contributed by atoms with Gasteiger partial charge in [0.15, 0.2) is 5.60 Å². The maximum absolute atomic E-state index is 12.8. The number of nitrogens with zero attached hydrogens (tertiary/aromatic N) is 1. The topological polar surface area (TPSA) is 41.9 Å². The Hall–Kier alpha value is -1.47. The number of likely N-dealkylation sites (tertiary alicyclic amines) is 1. The van der Waals surface area contributed by atoms with Crippen LogP contribution in [0.15, 0.2) is 18.2 Å². The lowest BCUT2D eigenvalue weighted by Crippen LogP contribution is -2.53. The van der Waals surface area contributed by atoms with E-state index >= 15 is 0 Å². The Kier molecular flexibility index (Phi) is 4.87. The van der Waals surface area contributed by atoms with Gasteiger partial charge in [0.05, 0.1) is 14.2 Å². The summed E-state index contributed by atoms with van der Waals surface area (Å²) in [5, 5.41) is 9.67. The zero-order chi connectivity index (χ0) is 16.4. The minimum atomic E-state index is -4.57. The summed E-state index contributed by atoms with van der Waals surface area (Å²) in [6, 6.07) is 5.36. The molecule has 0 aromatic heterocycles. The third-order valence-electron chi connectivity index (χ3n) is 4.10. The molecule has 1 heterocycles. The van der Waals surface area contributed by atoms with E-state index in [0.29, 0.717) is 18.0 Å². The second-order valence-corrected chi connectivity index (χ2v) is 5.48. The highest BCUT2D eigenvalue weighted by molar-refractivity contribution is 5.40. The number of halogens is 3. The molecule has 0 amide bonds. The van der Waals surface area contributed by atoms with Crippen molar-refractivity contribution < 1.29 is 27.8 Å². The minimum absolute atomic E-state index is 0.186. The first-order chi connectivity index (χ1) is 10.3. The molecule has 0 unspecified atom stereocenters. The molecule has 22 heavy (non-hydrogen) atoms. The molecule has 1 saturated heterocycles. The van der Waals surface area contributed by atoms with E-state index in [-0.39, 0.29) is 25.9 Å². The van der Waals surface area contributed by atoms with Gasteiger partial charge in [-0.05, 0) is 18.9 Å². The number of ether oxygens (including phenoxy) is 2. The molecular formula is C15H20F3NO3. The van der Waals surface area contributed by atoms with Crippen molar-refractivity contribution in [3.05, 3.63) is 23.8 Å². The summed E-state index contributed by atoms with van der Waals surface area (Å²) >= 11 is 0. The van der Waals surface area contributed by atoms with Crippen LogP contribution in [0.2, 0.25) is 0 Å². The number of rotatable bonds is 4. The van der Waals surface area contributed by atoms with Gasteiger partial charge in [0, 0.05) is 31.3 Å². The van der Waals surface area contributed by atoms with Gasteiger partial charge in [-0.25, -0.2) is 0 Å². The molecule has 0 aliphatic carbocycles. The average molecular weight is 319 g/mol. The molecule has 7 heteroatoms. The molecule has 1 aliphatic rings. The predicted molar refractivity (Wildman–Crippen MR) is 75.1 cm³/mol. The summed E-state index contributed by atoms with van der Waals surface area (Å²) < 4.78 is 48.7. The zero-order valence-electron chi connectivity index (χ0n) is 12.6. The van der Waals surface area contributed by atoms with Crippen LogP contribution in [0, 0.1) is 0 Å². The van der Waals surface area contributed by atoms with Gasteiger partial charge in [-0.3, -0.25) is 4.90 Å². The van der Waals surface area contributed by atoms with E-state index in [9.17, 15) is 18.3 Å². The quantitative estimate of drug-likeness (QED) is 0.926. The molecule has 4 nitrogen and oxygen atoms in total. The van der Waals surface area contributed by atoms with Crippen LogP contribution in [0.5, 0.6) is 11.5 Å². The number of piperidine rings is 1. The van der Waals surface area contributed by atoms with Gasteiger partial charge in [-0.15, -0.1) is 0 Å². The minimum Gasteiger partial charge on any atom is -0.497 e. The van der Waals surface area contributed by atoms with E-state index in [2.05, 4.69) is 0 Å². The van der Waals surface area contributed by atoms with E-state index < -0.39 is 11.8 Å². The largest absolute Gasteiger partial charge is 0.497 e. The molecular weight excluding hydrogens is 299 g/mol. The molecule has 1 N–H and O–H groups in total. The van der Waals surface area contributed by atoms with Crippen molar-refractivity contribution in [1.82, 2.24) is 4.90 Å². The lowest BCUT2D eigenvalue weighted by Gasteiger charge is -2.39. The highest BCUT2D eigenvalue weighted by atomic mass is 19.4. The molecule has 1 aliphatic heterocycles. The Morgan fingerprint density at radius 2 is 1.82 bits per heavy atom. The summed E-state index contributed by atoms with van der Waals surface area (Å²) in [7, 11) is 3.09. The van der Waals surface area contributed by atoms with Gasteiger partial charge in [-0.1, -0.05) is 6.07 Å². The number of benzene rings is 1. The molecule has 1 aromatic carbocycles. The highest BCUT2D eigenvalue weighted by Crippen LogP contribution is 2.38. The molecule has 1 aromatic rings. The Bertz CT molecular complexity index is 511. The molecule has 1 fully saturated rings. The number of hydrogen-bond acceptors (Lipinski definition) is 4. The van der Waals surface area contributed by atoms with Gasteiger partial charge in [0.2, 0.25) is 0 Å². The molecule has 124 valence electrons. The Morgan fingerprint density at radius 3 is 2.32 bits per heavy atom. The second kappa shape index (κ2) is 6.34. The lowest BCUT2D eigenvalue weighted by atomic mass is 9.90. The lowest BCUT2D eigenvalue weighted by molar-refractivity contribution is -0.272. The molecule has 0 atom stereocenters. The number of aliphatic hydroxyl groups is 1.